The number of halogens is 3. The lowest BCUT2D eigenvalue weighted by molar-refractivity contribution is 0.0121. The fourth-order valence-corrected chi connectivity index (χ4v) is 0.868. The highest BCUT2D eigenvalue weighted by atomic mass is 19.3. The minimum absolute atomic E-state index is 0.859. The summed E-state index contributed by atoms with van der Waals surface area (Å²) in [6.45, 7) is 3.54. The number of nitrogens with one attached hydrogen (secondary N) is 1. The second-order valence-corrected chi connectivity index (χ2v) is 4.21. The molecule has 0 radical (unpaired) electrons. The Labute approximate surface area is 91.8 Å². The molecule has 96 valence electrons. The van der Waals surface area contributed by atoms with E-state index in [1.807, 2.05) is 0 Å². The lowest BCUT2D eigenvalue weighted by Crippen LogP contribution is -2.49. The Morgan fingerprint density at radius 1 is 1.38 bits per heavy atom. The van der Waals surface area contributed by atoms with Crippen molar-refractivity contribution >= 4 is 6.09 Å². The summed E-state index contributed by atoms with van der Waals surface area (Å²) >= 11 is 0. The number of aliphatic hydroxyl groups excluding tert-OH is 1. The van der Waals surface area contributed by atoms with E-state index in [4.69, 9.17) is 5.11 Å². The number of carbonyl (C=O) groups is 1. The molecule has 0 aromatic carbocycles. The number of alkyl halides is 3. The van der Waals surface area contributed by atoms with Crippen LogP contribution < -0.4 is 5.32 Å². The monoisotopic (exact) mass is 243 g/mol. The van der Waals surface area contributed by atoms with Crippen molar-refractivity contribution in [2.45, 2.75) is 45.0 Å². The summed E-state index contributed by atoms with van der Waals surface area (Å²) < 4.78 is 42.1. The molecular weight excluding hydrogens is 227 g/mol. The molecule has 0 bridgehead atoms. The summed E-state index contributed by atoms with van der Waals surface area (Å²) in [5, 5.41) is 10.1. The molecule has 0 spiro atoms. The Balaban J connectivity index is 4.36. The highest BCUT2D eigenvalue weighted by Gasteiger charge is 2.32. The third-order valence-electron chi connectivity index (χ3n) is 1.52. The molecule has 0 heterocycles. The topological polar surface area (TPSA) is 58.6 Å². The van der Waals surface area contributed by atoms with E-state index in [1.54, 1.807) is 26.1 Å². The minimum Gasteiger partial charge on any atom is -0.444 e. The molecule has 0 aliphatic heterocycles. The van der Waals surface area contributed by atoms with Crippen molar-refractivity contribution in [2.24, 2.45) is 0 Å². The van der Waals surface area contributed by atoms with E-state index >= 15 is 0 Å². The van der Waals surface area contributed by atoms with Gasteiger partial charge in [0.25, 0.3) is 6.43 Å². The first kappa shape index (κ1) is 15.0. The molecule has 0 saturated carbocycles. The maximum atomic E-state index is 12.8. The minimum atomic E-state index is -3.12. The summed E-state index contributed by atoms with van der Waals surface area (Å²) in [7, 11) is 0. The molecule has 1 amide bonds. The van der Waals surface area contributed by atoms with Crippen molar-refractivity contribution in [2.75, 3.05) is 6.61 Å². The van der Waals surface area contributed by atoms with E-state index < -0.39 is 36.9 Å². The van der Waals surface area contributed by atoms with Crippen molar-refractivity contribution in [3.63, 3.8) is 0 Å². The smallest absolute Gasteiger partial charge is 0.408 e. The number of amides is 1. The number of ether oxygens (including phenoxy) is 1. The zero-order valence-corrected chi connectivity index (χ0v) is 9.34. The second-order valence-electron chi connectivity index (χ2n) is 4.21. The average molecular weight is 243 g/mol. The van der Waals surface area contributed by atoms with Crippen LogP contribution in [0.25, 0.3) is 0 Å². The van der Waals surface area contributed by atoms with Crippen LogP contribution in [0.3, 0.4) is 0 Å². The number of carbonyl (C=O) groups excluding carboxylic acids is 1. The van der Waals surface area contributed by atoms with Crippen LogP contribution in [0, 0.1) is 0 Å². The lowest BCUT2D eigenvalue weighted by atomic mass is 10.2. The van der Waals surface area contributed by atoms with Crippen molar-refractivity contribution in [1.29, 1.82) is 0 Å². The number of hydrogen-bond acceptors (Lipinski definition) is 3. The van der Waals surface area contributed by atoms with Crippen LogP contribution in [0.5, 0.6) is 0 Å². The van der Waals surface area contributed by atoms with Crippen LogP contribution >= 0.6 is 0 Å². The Morgan fingerprint density at radius 3 is 2.19 bits per heavy atom. The van der Waals surface area contributed by atoms with E-state index in [0.717, 1.165) is 0 Å². The first-order valence-corrected chi connectivity index (χ1v) is 4.70. The standard InChI is InChI=1S/C9H16F3NO3/c1-9(2,3)16-8(15)13-6(7(11)12)5(10)4-14/h5-7,14H,4H2,1-3H3,(H,13,15). The number of rotatable bonds is 4. The fourth-order valence-electron chi connectivity index (χ4n) is 0.868. The predicted molar refractivity (Wildman–Crippen MR) is 51.1 cm³/mol. The molecular formula is C9H16F3NO3. The van der Waals surface area contributed by atoms with E-state index in [1.165, 1.54) is 0 Å². The normalized spacial score (nSPS) is 15.8. The lowest BCUT2D eigenvalue weighted by Gasteiger charge is -2.24. The van der Waals surface area contributed by atoms with E-state index in [-0.39, 0.29) is 0 Å². The SMILES string of the molecule is CC(C)(C)OC(=O)NC(C(F)F)C(F)CO. The van der Waals surface area contributed by atoms with Gasteiger partial charge >= 0.3 is 6.09 Å². The molecule has 0 aromatic heterocycles. The van der Waals surface area contributed by atoms with Gasteiger partial charge in [0.05, 0.1) is 6.61 Å². The van der Waals surface area contributed by atoms with Gasteiger partial charge in [0, 0.05) is 0 Å². The van der Waals surface area contributed by atoms with Gasteiger partial charge in [0.1, 0.15) is 17.8 Å². The van der Waals surface area contributed by atoms with E-state index in [0.29, 0.717) is 0 Å². The molecule has 0 rings (SSSR count). The van der Waals surface area contributed by atoms with Gasteiger partial charge in [-0.3, -0.25) is 0 Å². The predicted octanol–water partition coefficient (Wildman–Crippen LogP) is 1.48. The van der Waals surface area contributed by atoms with Gasteiger partial charge in [-0.05, 0) is 20.8 Å². The third-order valence-corrected chi connectivity index (χ3v) is 1.52. The maximum absolute atomic E-state index is 12.8. The van der Waals surface area contributed by atoms with E-state index in [2.05, 4.69) is 4.74 Å². The van der Waals surface area contributed by atoms with Gasteiger partial charge in [0.2, 0.25) is 0 Å². The molecule has 16 heavy (non-hydrogen) atoms. The highest BCUT2D eigenvalue weighted by molar-refractivity contribution is 5.68. The van der Waals surface area contributed by atoms with Crippen molar-refractivity contribution in [3.05, 3.63) is 0 Å². The second kappa shape index (κ2) is 5.93. The van der Waals surface area contributed by atoms with Gasteiger partial charge < -0.3 is 15.2 Å². The molecule has 2 unspecified atom stereocenters. The zero-order valence-electron chi connectivity index (χ0n) is 9.34. The van der Waals surface area contributed by atoms with Gasteiger partial charge in [-0.15, -0.1) is 0 Å². The summed E-state index contributed by atoms with van der Waals surface area (Å²) in [5.41, 5.74) is -0.859. The van der Waals surface area contributed by atoms with Gasteiger partial charge in [-0.25, -0.2) is 18.0 Å². The summed E-state index contributed by atoms with van der Waals surface area (Å²) in [4.78, 5) is 11.1. The first-order valence-electron chi connectivity index (χ1n) is 4.70. The molecule has 4 nitrogen and oxygen atoms in total. The highest BCUT2D eigenvalue weighted by Crippen LogP contribution is 2.11. The van der Waals surface area contributed by atoms with Crippen molar-refractivity contribution in [3.8, 4) is 0 Å². The van der Waals surface area contributed by atoms with E-state index in [9.17, 15) is 18.0 Å². The fraction of sp³-hybridized carbons (Fsp3) is 0.889. The van der Waals surface area contributed by atoms with Crippen LogP contribution in [0.15, 0.2) is 0 Å². The Kier molecular flexibility index (Phi) is 5.57. The largest absolute Gasteiger partial charge is 0.444 e. The summed E-state index contributed by atoms with van der Waals surface area (Å²) in [5.74, 6) is 0. The number of alkyl carbamates (subject to hydrolysis) is 1. The molecule has 2 N–H and O–H groups in total. The quantitative estimate of drug-likeness (QED) is 0.786. The summed E-state index contributed by atoms with van der Waals surface area (Å²) in [6.07, 6.45) is -6.49. The van der Waals surface area contributed by atoms with Crippen LogP contribution in [0.1, 0.15) is 20.8 Å². The van der Waals surface area contributed by atoms with Crippen LogP contribution in [0.2, 0.25) is 0 Å². The van der Waals surface area contributed by atoms with Gasteiger partial charge in [-0.2, -0.15) is 0 Å². The van der Waals surface area contributed by atoms with Crippen LogP contribution in [0.4, 0.5) is 18.0 Å². The molecule has 0 fully saturated rings. The zero-order chi connectivity index (χ0) is 12.9. The van der Waals surface area contributed by atoms with Crippen molar-refractivity contribution < 1.29 is 27.8 Å². The van der Waals surface area contributed by atoms with Crippen LogP contribution in [-0.2, 0) is 4.74 Å². The molecule has 0 aromatic rings. The van der Waals surface area contributed by atoms with Crippen LogP contribution in [-0.4, -0.2) is 42.0 Å². The van der Waals surface area contributed by atoms with Gasteiger partial charge in [0.15, 0.2) is 0 Å². The molecule has 0 saturated heterocycles. The van der Waals surface area contributed by atoms with Crippen molar-refractivity contribution in [1.82, 2.24) is 5.32 Å². The van der Waals surface area contributed by atoms with Gasteiger partial charge in [-0.1, -0.05) is 0 Å². The Morgan fingerprint density at radius 2 is 1.88 bits per heavy atom. The third kappa shape index (κ3) is 5.79. The number of aliphatic hydroxyl groups is 1. The summed E-state index contributed by atoms with van der Waals surface area (Å²) in [6, 6.07) is -2.07. The molecule has 7 heteroatoms. The maximum Gasteiger partial charge on any atom is 0.408 e. The molecule has 2 atom stereocenters. The molecule has 0 aliphatic carbocycles. The Hall–Kier alpha value is -0.980. The average Bonchev–Trinajstić information content (AvgIpc) is 2.09. The molecule has 0 aliphatic rings. The first-order chi connectivity index (χ1) is 7.17. The number of hydrogen-bond donors (Lipinski definition) is 2. The Bertz CT molecular complexity index is 231.